The van der Waals surface area contributed by atoms with E-state index in [0.29, 0.717) is 24.5 Å². The second-order valence-corrected chi connectivity index (χ2v) is 6.17. The van der Waals surface area contributed by atoms with E-state index < -0.39 is 0 Å². The summed E-state index contributed by atoms with van der Waals surface area (Å²) in [6, 6.07) is 5.18. The fourth-order valence-corrected chi connectivity index (χ4v) is 3.24. The van der Waals surface area contributed by atoms with Gasteiger partial charge in [0.1, 0.15) is 0 Å². The molecule has 0 amide bonds. The van der Waals surface area contributed by atoms with Gasteiger partial charge < -0.3 is 14.9 Å². The van der Waals surface area contributed by atoms with Crippen LogP contribution in [-0.4, -0.2) is 29.7 Å². The van der Waals surface area contributed by atoms with Crippen molar-refractivity contribution in [1.29, 1.82) is 0 Å². The third-order valence-corrected chi connectivity index (χ3v) is 4.75. The number of phenolic OH excluding ortho intramolecular Hbond substituents is 1. The molecule has 1 aliphatic rings. The summed E-state index contributed by atoms with van der Waals surface area (Å²) < 4.78 is 5.09. The fraction of sp³-hybridized carbons (Fsp3) is 0.526. The third-order valence-electron chi connectivity index (χ3n) is 4.75. The van der Waals surface area contributed by atoms with Crippen molar-refractivity contribution < 1.29 is 19.7 Å². The van der Waals surface area contributed by atoms with Gasteiger partial charge in [-0.25, -0.2) is 0 Å². The van der Waals surface area contributed by atoms with Gasteiger partial charge in [-0.15, -0.1) is 0 Å². The van der Waals surface area contributed by atoms with Crippen molar-refractivity contribution in [3.63, 3.8) is 0 Å². The van der Waals surface area contributed by atoms with Gasteiger partial charge in [-0.2, -0.15) is 0 Å². The Bertz CT molecular complexity index is 577. The van der Waals surface area contributed by atoms with E-state index in [1.165, 1.54) is 7.11 Å². The molecule has 0 spiro atoms. The Kier molecular flexibility index (Phi) is 6.22. The molecule has 0 heterocycles. The average Bonchev–Trinajstić information content (AvgIpc) is 2.59. The van der Waals surface area contributed by atoms with Crippen LogP contribution in [0.5, 0.6) is 11.5 Å². The van der Waals surface area contributed by atoms with Crippen molar-refractivity contribution in [1.82, 2.24) is 0 Å². The molecule has 0 aromatic heterocycles. The highest BCUT2D eigenvalue weighted by Gasteiger charge is 2.25. The van der Waals surface area contributed by atoms with Crippen LogP contribution in [-0.2, 0) is 11.2 Å². The number of phenols is 1. The van der Waals surface area contributed by atoms with E-state index in [-0.39, 0.29) is 24.1 Å². The average molecular weight is 318 g/mol. The van der Waals surface area contributed by atoms with Gasteiger partial charge >= 0.3 is 0 Å². The number of ketones is 1. The van der Waals surface area contributed by atoms with E-state index in [1.54, 1.807) is 12.1 Å². The number of carbonyl (C=O) groups is 1. The zero-order valence-electron chi connectivity index (χ0n) is 13.9. The number of aliphatic hydroxyl groups is 1. The Morgan fingerprint density at radius 2 is 2.17 bits per heavy atom. The first kappa shape index (κ1) is 17.5. The molecule has 1 aromatic rings. The molecule has 0 aliphatic heterocycles. The Morgan fingerprint density at radius 3 is 2.83 bits per heavy atom. The van der Waals surface area contributed by atoms with Crippen molar-refractivity contribution in [3.05, 3.63) is 35.4 Å². The number of ether oxygens (including phenoxy) is 1. The van der Waals surface area contributed by atoms with Crippen LogP contribution in [0.4, 0.5) is 0 Å². The van der Waals surface area contributed by atoms with Crippen LogP contribution in [0.1, 0.15) is 38.2 Å². The third kappa shape index (κ3) is 4.35. The maximum atomic E-state index is 12.4. The first-order valence-corrected chi connectivity index (χ1v) is 8.29. The van der Waals surface area contributed by atoms with Gasteiger partial charge in [-0.1, -0.05) is 19.1 Å². The number of aryl methyl sites for hydroxylation is 1. The SMILES string of the molecule is CCC1C=C(C(=O)CCc2ccc(O)c(OC)c2)CCC1CO. The first-order chi connectivity index (χ1) is 11.1. The van der Waals surface area contributed by atoms with E-state index in [0.717, 1.165) is 30.4 Å². The summed E-state index contributed by atoms with van der Waals surface area (Å²) in [5.41, 5.74) is 1.89. The topological polar surface area (TPSA) is 66.8 Å². The van der Waals surface area contributed by atoms with Crippen LogP contribution in [0.25, 0.3) is 0 Å². The molecule has 23 heavy (non-hydrogen) atoms. The molecule has 4 nitrogen and oxygen atoms in total. The molecular formula is C19H26O4. The van der Waals surface area contributed by atoms with Gasteiger partial charge in [0, 0.05) is 13.0 Å². The van der Waals surface area contributed by atoms with E-state index >= 15 is 0 Å². The Labute approximate surface area is 137 Å². The Hall–Kier alpha value is -1.81. The fourth-order valence-electron chi connectivity index (χ4n) is 3.24. The maximum Gasteiger partial charge on any atom is 0.160 e. The standard InChI is InChI=1S/C19H26O4/c1-3-14-11-15(6-7-16(14)12-20)17(21)8-4-13-5-9-18(22)19(10-13)23-2/h5,9-11,14,16,20,22H,3-4,6-8,12H2,1-2H3. The summed E-state index contributed by atoms with van der Waals surface area (Å²) in [5, 5.41) is 19.0. The molecule has 2 atom stereocenters. The van der Waals surface area contributed by atoms with Gasteiger partial charge in [0.2, 0.25) is 0 Å². The van der Waals surface area contributed by atoms with Gasteiger partial charge in [0.25, 0.3) is 0 Å². The van der Waals surface area contributed by atoms with Gasteiger partial charge in [-0.05, 0) is 60.8 Å². The molecule has 2 rings (SSSR count). The van der Waals surface area contributed by atoms with Crippen LogP contribution in [0.2, 0.25) is 0 Å². The molecule has 0 saturated heterocycles. The molecule has 0 saturated carbocycles. The summed E-state index contributed by atoms with van der Waals surface area (Å²) in [5.74, 6) is 1.33. The summed E-state index contributed by atoms with van der Waals surface area (Å²) >= 11 is 0. The number of Topliss-reactive ketones (excluding diaryl/α,β-unsaturated/α-hetero) is 1. The Balaban J connectivity index is 1.98. The van der Waals surface area contributed by atoms with Crippen molar-refractivity contribution in [3.8, 4) is 11.5 Å². The maximum absolute atomic E-state index is 12.4. The van der Waals surface area contributed by atoms with Crippen LogP contribution >= 0.6 is 0 Å². The minimum atomic E-state index is 0.110. The molecule has 126 valence electrons. The van der Waals surface area contributed by atoms with Crippen LogP contribution < -0.4 is 4.74 Å². The molecule has 0 bridgehead atoms. The second kappa shape index (κ2) is 8.16. The molecule has 1 aromatic carbocycles. The van der Waals surface area contributed by atoms with E-state index in [9.17, 15) is 15.0 Å². The number of hydrogen-bond acceptors (Lipinski definition) is 4. The molecule has 4 heteroatoms. The minimum absolute atomic E-state index is 0.110. The van der Waals surface area contributed by atoms with Crippen molar-refractivity contribution in [2.45, 2.75) is 39.0 Å². The second-order valence-electron chi connectivity index (χ2n) is 6.17. The molecule has 1 aliphatic carbocycles. The number of allylic oxidation sites excluding steroid dienone is 2. The zero-order chi connectivity index (χ0) is 16.8. The molecule has 0 radical (unpaired) electrons. The molecule has 0 fully saturated rings. The zero-order valence-corrected chi connectivity index (χ0v) is 13.9. The van der Waals surface area contributed by atoms with E-state index in [1.807, 2.05) is 6.07 Å². The van der Waals surface area contributed by atoms with Gasteiger partial charge in [0.05, 0.1) is 7.11 Å². The lowest BCUT2D eigenvalue weighted by Crippen LogP contribution is -2.23. The van der Waals surface area contributed by atoms with Crippen molar-refractivity contribution >= 4 is 5.78 Å². The van der Waals surface area contributed by atoms with E-state index in [2.05, 4.69) is 13.0 Å². The lowest BCUT2D eigenvalue weighted by atomic mass is 9.78. The quantitative estimate of drug-likeness (QED) is 0.810. The van der Waals surface area contributed by atoms with Crippen LogP contribution in [0.15, 0.2) is 29.8 Å². The highest BCUT2D eigenvalue weighted by molar-refractivity contribution is 5.95. The van der Waals surface area contributed by atoms with Gasteiger partial charge in [-0.3, -0.25) is 4.79 Å². The number of carbonyl (C=O) groups excluding carboxylic acids is 1. The monoisotopic (exact) mass is 318 g/mol. The summed E-state index contributed by atoms with van der Waals surface area (Å²) in [7, 11) is 1.51. The van der Waals surface area contributed by atoms with Crippen molar-refractivity contribution in [2.75, 3.05) is 13.7 Å². The summed E-state index contributed by atoms with van der Waals surface area (Å²) in [6.07, 6.45) is 5.77. The number of aromatic hydroxyl groups is 1. The number of rotatable bonds is 7. The van der Waals surface area contributed by atoms with E-state index in [4.69, 9.17) is 4.74 Å². The highest BCUT2D eigenvalue weighted by atomic mass is 16.5. The minimum Gasteiger partial charge on any atom is -0.504 e. The predicted molar refractivity (Wildman–Crippen MR) is 89.7 cm³/mol. The molecule has 2 N–H and O–H groups in total. The number of hydrogen-bond donors (Lipinski definition) is 2. The van der Waals surface area contributed by atoms with Crippen LogP contribution in [0.3, 0.4) is 0 Å². The summed E-state index contributed by atoms with van der Waals surface area (Å²) in [6.45, 7) is 2.30. The smallest absolute Gasteiger partial charge is 0.160 e. The predicted octanol–water partition coefficient (Wildman–Crippen LogP) is 3.26. The Morgan fingerprint density at radius 1 is 1.39 bits per heavy atom. The summed E-state index contributed by atoms with van der Waals surface area (Å²) in [4.78, 5) is 12.4. The number of methoxy groups -OCH3 is 1. The molecular weight excluding hydrogens is 292 g/mol. The van der Waals surface area contributed by atoms with Crippen LogP contribution in [0, 0.1) is 11.8 Å². The highest BCUT2D eigenvalue weighted by Crippen LogP contribution is 2.32. The largest absolute Gasteiger partial charge is 0.504 e. The lowest BCUT2D eigenvalue weighted by Gasteiger charge is -2.27. The normalized spacial score (nSPS) is 20.9. The first-order valence-electron chi connectivity index (χ1n) is 8.29. The molecule has 2 unspecified atom stereocenters. The van der Waals surface area contributed by atoms with Gasteiger partial charge in [0.15, 0.2) is 17.3 Å². The lowest BCUT2D eigenvalue weighted by molar-refractivity contribution is -0.115. The van der Waals surface area contributed by atoms with Crippen molar-refractivity contribution in [2.24, 2.45) is 11.8 Å². The number of benzene rings is 1. The number of aliphatic hydroxyl groups excluding tert-OH is 1.